The van der Waals surface area contributed by atoms with Crippen molar-refractivity contribution in [2.24, 2.45) is 0 Å². The standard InChI is InChI=1S/C14H12FN3/c1-10(12-4-6-17-7-5-12)18-14-3-2-11(9-16)8-13(14)15/h2-8,10,18H,1H3. The van der Waals surface area contributed by atoms with Crippen molar-refractivity contribution in [1.29, 1.82) is 5.26 Å². The lowest BCUT2D eigenvalue weighted by atomic mass is 10.1. The highest BCUT2D eigenvalue weighted by atomic mass is 19.1. The number of benzene rings is 1. The van der Waals surface area contributed by atoms with Crippen LogP contribution >= 0.6 is 0 Å². The van der Waals surface area contributed by atoms with Crippen molar-refractivity contribution in [3.63, 3.8) is 0 Å². The first kappa shape index (κ1) is 12.1. The average molecular weight is 241 g/mol. The Balaban J connectivity index is 2.18. The molecule has 4 heteroatoms. The van der Waals surface area contributed by atoms with Gasteiger partial charge in [-0.25, -0.2) is 4.39 Å². The highest BCUT2D eigenvalue weighted by Crippen LogP contribution is 2.21. The molecule has 3 nitrogen and oxygen atoms in total. The number of hydrogen-bond donors (Lipinski definition) is 1. The Morgan fingerprint density at radius 3 is 2.61 bits per heavy atom. The summed E-state index contributed by atoms with van der Waals surface area (Å²) in [6, 6.07) is 10.0. The number of pyridine rings is 1. The van der Waals surface area contributed by atoms with E-state index in [1.165, 1.54) is 6.07 Å². The zero-order chi connectivity index (χ0) is 13.0. The maximum atomic E-state index is 13.7. The van der Waals surface area contributed by atoms with Crippen LogP contribution in [0.4, 0.5) is 10.1 Å². The van der Waals surface area contributed by atoms with Crippen LogP contribution in [0.5, 0.6) is 0 Å². The summed E-state index contributed by atoms with van der Waals surface area (Å²) >= 11 is 0. The third-order valence-electron chi connectivity index (χ3n) is 2.68. The Labute approximate surface area is 105 Å². The Morgan fingerprint density at radius 1 is 1.28 bits per heavy atom. The SMILES string of the molecule is CC(Nc1ccc(C#N)cc1F)c1ccncc1. The third kappa shape index (κ3) is 2.64. The number of nitrogens with zero attached hydrogens (tertiary/aromatic N) is 2. The van der Waals surface area contributed by atoms with E-state index < -0.39 is 5.82 Å². The minimum Gasteiger partial charge on any atom is -0.376 e. The maximum absolute atomic E-state index is 13.7. The number of aromatic nitrogens is 1. The summed E-state index contributed by atoms with van der Waals surface area (Å²) in [4.78, 5) is 3.94. The van der Waals surface area contributed by atoms with Gasteiger partial charge in [-0.05, 0) is 42.8 Å². The van der Waals surface area contributed by atoms with Crippen LogP contribution in [0.25, 0.3) is 0 Å². The van der Waals surface area contributed by atoms with Gasteiger partial charge in [-0.1, -0.05) is 0 Å². The largest absolute Gasteiger partial charge is 0.376 e. The number of rotatable bonds is 3. The van der Waals surface area contributed by atoms with Gasteiger partial charge in [0.25, 0.3) is 0 Å². The molecule has 1 unspecified atom stereocenters. The van der Waals surface area contributed by atoms with Crippen molar-refractivity contribution in [1.82, 2.24) is 4.98 Å². The van der Waals surface area contributed by atoms with Crippen molar-refractivity contribution < 1.29 is 4.39 Å². The molecule has 0 saturated heterocycles. The molecule has 0 aliphatic heterocycles. The van der Waals surface area contributed by atoms with E-state index in [9.17, 15) is 4.39 Å². The zero-order valence-electron chi connectivity index (χ0n) is 9.89. The van der Waals surface area contributed by atoms with Gasteiger partial charge >= 0.3 is 0 Å². The molecular formula is C14H12FN3. The molecule has 1 aromatic carbocycles. The second-order valence-corrected chi connectivity index (χ2v) is 3.95. The molecule has 0 radical (unpaired) electrons. The Morgan fingerprint density at radius 2 is 2.00 bits per heavy atom. The van der Waals surface area contributed by atoms with Crippen LogP contribution in [-0.2, 0) is 0 Å². The van der Waals surface area contributed by atoms with Gasteiger partial charge in [-0.15, -0.1) is 0 Å². The first-order valence-electron chi connectivity index (χ1n) is 5.57. The normalized spacial score (nSPS) is 11.6. The Bertz CT molecular complexity index is 575. The summed E-state index contributed by atoms with van der Waals surface area (Å²) < 4.78 is 13.7. The van der Waals surface area contributed by atoms with E-state index in [0.29, 0.717) is 11.3 Å². The van der Waals surface area contributed by atoms with Crippen LogP contribution < -0.4 is 5.32 Å². The van der Waals surface area contributed by atoms with Crippen LogP contribution in [-0.4, -0.2) is 4.98 Å². The van der Waals surface area contributed by atoms with Crippen molar-refractivity contribution in [2.75, 3.05) is 5.32 Å². The first-order chi connectivity index (χ1) is 8.70. The zero-order valence-corrected chi connectivity index (χ0v) is 9.89. The van der Waals surface area contributed by atoms with Crippen LogP contribution in [0, 0.1) is 17.1 Å². The lowest BCUT2D eigenvalue weighted by molar-refractivity contribution is 0.627. The molecule has 0 fully saturated rings. The predicted octanol–water partition coefficient (Wildman–Crippen LogP) is 3.27. The smallest absolute Gasteiger partial charge is 0.147 e. The minimum atomic E-state index is -0.421. The van der Waals surface area contributed by atoms with Crippen LogP contribution in [0.1, 0.15) is 24.1 Å². The fourth-order valence-electron chi connectivity index (χ4n) is 1.67. The van der Waals surface area contributed by atoms with E-state index in [0.717, 1.165) is 5.56 Å². The fourth-order valence-corrected chi connectivity index (χ4v) is 1.67. The molecule has 2 rings (SSSR count). The van der Waals surface area contributed by atoms with Crippen molar-refractivity contribution in [2.45, 2.75) is 13.0 Å². The number of nitriles is 1. The molecule has 2 aromatic rings. The summed E-state index contributed by atoms with van der Waals surface area (Å²) in [7, 11) is 0. The molecule has 0 aliphatic rings. The van der Waals surface area contributed by atoms with Gasteiger partial charge in [0, 0.05) is 18.4 Å². The topological polar surface area (TPSA) is 48.7 Å². The Hall–Kier alpha value is -2.41. The highest BCUT2D eigenvalue weighted by molar-refractivity contribution is 5.50. The molecule has 1 aromatic heterocycles. The number of halogens is 1. The molecular weight excluding hydrogens is 229 g/mol. The van der Waals surface area contributed by atoms with E-state index in [4.69, 9.17) is 5.26 Å². The van der Waals surface area contributed by atoms with Crippen LogP contribution in [0.2, 0.25) is 0 Å². The average Bonchev–Trinajstić information content (AvgIpc) is 2.42. The van der Waals surface area contributed by atoms with E-state index >= 15 is 0 Å². The van der Waals surface area contributed by atoms with Gasteiger partial charge in [-0.2, -0.15) is 5.26 Å². The van der Waals surface area contributed by atoms with Crippen LogP contribution in [0.15, 0.2) is 42.7 Å². The maximum Gasteiger partial charge on any atom is 0.147 e. The molecule has 0 spiro atoms. The third-order valence-corrected chi connectivity index (χ3v) is 2.68. The quantitative estimate of drug-likeness (QED) is 0.897. The van der Waals surface area contributed by atoms with Crippen molar-refractivity contribution in [3.8, 4) is 6.07 Å². The van der Waals surface area contributed by atoms with E-state index in [1.54, 1.807) is 24.5 Å². The second-order valence-electron chi connectivity index (χ2n) is 3.95. The van der Waals surface area contributed by atoms with E-state index in [2.05, 4.69) is 10.3 Å². The molecule has 1 N–H and O–H groups in total. The molecule has 0 amide bonds. The van der Waals surface area contributed by atoms with Gasteiger partial charge < -0.3 is 5.32 Å². The lowest BCUT2D eigenvalue weighted by Crippen LogP contribution is -2.08. The predicted molar refractivity (Wildman–Crippen MR) is 67.4 cm³/mol. The fraction of sp³-hybridized carbons (Fsp3) is 0.143. The minimum absolute atomic E-state index is 0.0320. The number of hydrogen-bond acceptors (Lipinski definition) is 3. The molecule has 1 atom stereocenters. The molecule has 18 heavy (non-hydrogen) atoms. The van der Waals surface area contributed by atoms with Gasteiger partial charge in [-0.3, -0.25) is 4.98 Å². The molecule has 0 aliphatic carbocycles. The van der Waals surface area contributed by atoms with Gasteiger partial charge in [0.2, 0.25) is 0 Å². The van der Waals surface area contributed by atoms with Gasteiger partial charge in [0.05, 0.1) is 17.3 Å². The molecule has 0 saturated carbocycles. The monoisotopic (exact) mass is 241 g/mol. The van der Waals surface area contributed by atoms with E-state index in [1.807, 2.05) is 25.1 Å². The molecule has 0 bridgehead atoms. The Kier molecular flexibility index (Phi) is 3.54. The highest BCUT2D eigenvalue weighted by Gasteiger charge is 2.08. The second kappa shape index (κ2) is 5.28. The molecule has 1 heterocycles. The van der Waals surface area contributed by atoms with Crippen molar-refractivity contribution in [3.05, 3.63) is 59.7 Å². The van der Waals surface area contributed by atoms with E-state index in [-0.39, 0.29) is 6.04 Å². The summed E-state index contributed by atoms with van der Waals surface area (Å²) in [5.74, 6) is -0.421. The lowest BCUT2D eigenvalue weighted by Gasteiger charge is -2.16. The summed E-state index contributed by atoms with van der Waals surface area (Å²) in [5.41, 5.74) is 1.72. The van der Waals surface area contributed by atoms with Crippen LogP contribution in [0.3, 0.4) is 0 Å². The van der Waals surface area contributed by atoms with Gasteiger partial charge in [0.15, 0.2) is 0 Å². The van der Waals surface area contributed by atoms with Crippen molar-refractivity contribution >= 4 is 5.69 Å². The summed E-state index contributed by atoms with van der Waals surface area (Å²) in [6.45, 7) is 1.94. The number of nitrogens with one attached hydrogen (secondary N) is 1. The number of anilines is 1. The first-order valence-corrected chi connectivity index (χ1v) is 5.57. The molecule has 90 valence electrons. The summed E-state index contributed by atoms with van der Waals surface area (Å²) in [6.07, 6.45) is 3.39. The summed E-state index contributed by atoms with van der Waals surface area (Å²) in [5, 5.41) is 11.7. The van der Waals surface area contributed by atoms with Gasteiger partial charge in [0.1, 0.15) is 5.82 Å².